The maximum absolute atomic E-state index is 12.1. The molecule has 10 atom stereocenters. The number of hydrazine groups is 1. The predicted octanol–water partition coefficient (Wildman–Crippen LogP) is 1.17. The van der Waals surface area contributed by atoms with Crippen LogP contribution in [0, 0.1) is 5.92 Å². The highest BCUT2D eigenvalue weighted by Gasteiger charge is 2.64. The predicted molar refractivity (Wildman–Crippen MR) is 138 cm³/mol. The number of carbonyl (C=O) groups is 2. The van der Waals surface area contributed by atoms with Gasteiger partial charge in [-0.05, 0) is 46.5 Å². The molecule has 3 heterocycles. The number of epoxide rings is 1. The monoisotopic (exact) mass is 521 g/mol. The van der Waals surface area contributed by atoms with Gasteiger partial charge in [0.25, 0.3) is 0 Å². The molecule has 10 heteroatoms. The summed E-state index contributed by atoms with van der Waals surface area (Å²) in [6.45, 7) is 9.55. The number of hydrogen-bond donors (Lipinski definition) is 5. The fourth-order valence-corrected chi connectivity index (χ4v) is 5.24. The zero-order valence-corrected chi connectivity index (χ0v) is 22.4. The van der Waals surface area contributed by atoms with E-state index in [0.29, 0.717) is 12.8 Å². The molecular weight excluding hydrogens is 478 g/mol. The minimum atomic E-state index is -0.825. The van der Waals surface area contributed by atoms with Gasteiger partial charge in [-0.2, -0.15) is 0 Å². The molecule has 3 fully saturated rings. The molecule has 3 rings (SSSR count). The molecule has 0 radical (unpaired) electrons. The average molecular weight is 522 g/mol. The minimum Gasteiger partial charge on any atom is -0.389 e. The number of ether oxygens (including phenoxy) is 3. The third-order valence-corrected chi connectivity index (χ3v) is 7.60. The van der Waals surface area contributed by atoms with Crippen LogP contribution < -0.4 is 16.6 Å². The van der Waals surface area contributed by atoms with Crippen molar-refractivity contribution in [3.05, 3.63) is 36.0 Å². The second kappa shape index (κ2) is 12.6. The molecule has 1 spiro atoms. The molecule has 5 unspecified atom stereocenters. The Kier molecular flexibility index (Phi) is 10.1. The summed E-state index contributed by atoms with van der Waals surface area (Å²) < 4.78 is 18.0. The summed E-state index contributed by atoms with van der Waals surface area (Å²) in [5, 5.41) is 23.2. The van der Waals surface area contributed by atoms with Gasteiger partial charge in [0.2, 0.25) is 11.8 Å². The van der Waals surface area contributed by atoms with Gasteiger partial charge in [0, 0.05) is 12.5 Å². The fraction of sp³-hybridized carbons (Fsp3) is 0.704. The Bertz CT molecular complexity index is 904. The number of nitrogens with one attached hydrogen (secondary N) is 2. The van der Waals surface area contributed by atoms with Gasteiger partial charge in [-0.3, -0.25) is 15.0 Å². The van der Waals surface area contributed by atoms with E-state index in [-0.39, 0.29) is 48.5 Å². The van der Waals surface area contributed by atoms with Crippen molar-refractivity contribution in [2.45, 2.75) is 115 Å². The molecule has 0 aromatic heterocycles. The van der Waals surface area contributed by atoms with E-state index in [0.717, 1.165) is 12.0 Å². The first kappa shape index (κ1) is 29.5. The van der Waals surface area contributed by atoms with E-state index in [2.05, 4.69) is 23.7 Å². The lowest BCUT2D eigenvalue weighted by atomic mass is 9.84. The third kappa shape index (κ3) is 7.72. The number of rotatable bonds is 9. The number of amides is 2. The van der Waals surface area contributed by atoms with Crippen molar-refractivity contribution in [2.24, 2.45) is 11.8 Å². The summed E-state index contributed by atoms with van der Waals surface area (Å²) >= 11 is 0. The molecule has 2 amide bonds. The van der Waals surface area contributed by atoms with Crippen LogP contribution in [0.5, 0.6) is 0 Å². The van der Waals surface area contributed by atoms with Crippen LogP contribution in [-0.4, -0.2) is 76.4 Å². The summed E-state index contributed by atoms with van der Waals surface area (Å²) in [7, 11) is 0. The molecule has 6 N–H and O–H groups in total. The Morgan fingerprint density at radius 2 is 1.92 bits per heavy atom. The van der Waals surface area contributed by atoms with Crippen molar-refractivity contribution in [3.8, 4) is 0 Å². The Morgan fingerprint density at radius 3 is 2.54 bits per heavy atom. The Balaban J connectivity index is 1.55. The van der Waals surface area contributed by atoms with Gasteiger partial charge in [0.1, 0.15) is 17.8 Å². The molecule has 3 saturated heterocycles. The van der Waals surface area contributed by atoms with Crippen LogP contribution in [0.2, 0.25) is 0 Å². The average Bonchev–Trinajstić information content (AvgIpc) is 3.48. The molecule has 0 aliphatic carbocycles. The molecular formula is C27H43N3O7. The maximum atomic E-state index is 12.1. The van der Waals surface area contributed by atoms with Crippen LogP contribution in [0.25, 0.3) is 0 Å². The summed E-state index contributed by atoms with van der Waals surface area (Å²) in [5.41, 5.74) is 2.44. The van der Waals surface area contributed by atoms with Gasteiger partial charge >= 0.3 is 0 Å². The van der Waals surface area contributed by atoms with Crippen molar-refractivity contribution in [2.75, 3.05) is 0 Å². The van der Waals surface area contributed by atoms with E-state index in [1.165, 1.54) is 12.2 Å². The van der Waals surface area contributed by atoms with Gasteiger partial charge < -0.3 is 29.7 Å². The lowest BCUT2D eigenvalue weighted by Crippen LogP contribution is -2.52. The van der Waals surface area contributed by atoms with Gasteiger partial charge in [-0.15, -0.1) is 0 Å². The van der Waals surface area contributed by atoms with Gasteiger partial charge in [-0.1, -0.05) is 36.8 Å². The smallest absolute Gasteiger partial charge is 0.244 e. The van der Waals surface area contributed by atoms with Crippen molar-refractivity contribution < 1.29 is 34.0 Å². The minimum absolute atomic E-state index is 0.0131. The van der Waals surface area contributed by atoms with Crippen LogP contribution in [-0.2, 0) is 23.8 Å². The molecule has 0 aromatic rings. The Labute approximate surface area is 219 Å². The summed E-state index contributed by atoms with van der Waals surface area (Å²) in [5.74, 6) is 4.91. The summed E-state index contributed by atoms with van der Waals surface area (Å²) in [6, 6.07) is -0.0963. The topological polar surface area (TPSA) is 156 Å². The van der Waals surface area contributed by atoms with Crippen LogP contribution in [0.3, 0.4) is 0 Å². The lowest BCUT2D eigenvalue weighted by Gasteiger charge is -2.39. The standard InChI is InChI=1S/C27H43N3O7/c1-15(6-9-22-16(2)12-21(18(4)35-22)29-24(32)11-8-17(3)31)7-10-23-26(34)27(19(5)37-27)14-20(36-23)13-25(33)30-28/h6-8,10-11,16-23,26,31,34H,9,12-14,28H2,1-5H3,(H,29,32)(H,30,33)/b10-7+,11-8-,15-6+/t16?,17-,18?,19?,20+,21?,22-,23+,26+,27?/m0/s1. The first-order chi connectivity index (χ1) is 17.4. The number of carbonyl (C=O) groups excluding carboxylic acids is 2. The van der Waals surface area contributed by atoms with E-state index in [1.807, 2.05) is 32.9 Å². The number of nitrogens with two attached hydrogens (primary N) is 1. The number of aliphatic hydroxyl groups excluding tert-OH is 2. The second-order valence-electron chi connectivity index (χ2n) is 10.7. The summed E-state index contributed by atoms with van der Waals surface area (Å²) in [6.07, 6.45) is 7.95. The van der Waals surface area contributed by atoms with E-state index < -0.39 is 30.0 Å². The zero-order chi connectivity index (χ0) is 27.3. The SMILES string of the molecule is CC(/C=C/[C@H]1O[C@H](CC(=O)NN)CC2(OC2C)[C@@H]1O)=C\C[C@@H]1OC(C)C(NC(=O)/C=C\[C@H](C)O)CC1C. The molecule has 0 bridgehead atoms. The van der Waals surface area contributed by atoms with E-state index in [1.54, 1.807) is 6.92 Å². The molecule has 208 valence electrons. The van der Waals surface area contributed by atoms with Crippen LogP contribution in [0.15, 0.2) is 36.0 Å². The zero-order valence-electron chi connectivity index (χ0n) is 22.4. The number of hydrogen-bond acceptors (Lipinski definition) is 8. The molecule has 37 heavy (non-hydrogen) atoms. The highest BCUT2D eigenvalue weighted by molar-refractivity contribution is 5.87. The van der Waals surface area contributed by atoms with Crippen LogP contribution in [0.4, 0.5) is 0 Å². The molecule has 0 saturated carbocycles. The lowest BCUT2D eigenvalue weighted by molar-refractivity contribution is -0.145. The van der Waals surface area contributed by atoms with Crippen molar-refractivity contribution in [1.29, 1.82) is 0 Å². The highest BCUT2D eigenvalue weighted by atomic mass is 16.6. The van der Waals surface area contributed by atoms with Gasteiger partial charge in [0.15, 0.2) is 0 Å². The fourth-order valence-electron chi connectivity index (χ4n) is 5.24. The summed E-state index contributed by atoms with van der Waals surface area (Å²) in [4.78, 5) is 23.9. The maximum Gasteiger partial charge on any atom is 0.244 e. The van der Waals surface area contributed by atoms with Crippen LogP contribution in [0.1, 0.15) is 60.3 Å². The highest BCUT2D eigenvalue weighted by Crippen LogP contribution is 2.49. The molecule has 0 aromatic carbocycles. The van der Waals surface area contributed by atoms with E-state index >= 15 is 0 Å². The Morgan fingerprint density at radius 1 is 1.22 bits per heavy atom. The van der Waals surface area contributed by atoms with Gasteiger partial charge in [-0.25, -0.2) is 5.84 Å². The first-order valence-corrected chi connectivity index (χ1v) is 13.1. The molecule has 10 nitrogen and oxygen atoms in total. The van der Waals surface area contributed by atoms with Gasteiger partial charge in [0.05, 0.1) is 43.0 Å². The number of allylic oxidation sites excluding steroid dienone is 2. The number of aliphatic hydroxyl groups is 2. The molecule has 3 aliphatic heterocycles. The largest absolute Gasteiger partial charge is 0.389 e. The second-order valence-corrected chi connectivity index (χ2v) is 10.7. The normalized spacial score (nSPS) is 39.2. The van der Waals surface area contributed by atoms with E-state index in [4.69, 9.17) is 20.1 Å². The Hall–Kier alpha value is -2.08. The molecule has 3 aliphatic rings. The van der Waals surface area contributed by atoms with E-state index in [9.17, 15) is 19.8 Å². The van der Waals surface area contributed by atoms with Crippen molar-refractivity contribution in [1.82, 2.24) is 10.7 Å². The van der Waals surface area contributed by atoms with Crippen molar-refractivity contribution in [3.63, 3.8) is 0 Å². The van der Waals surface area contributed by atoms with Crippen molar-refractivity contribution >= 4 is 11.8 Å². The third-order valence-electron chi connectivity index (χ3n) is 7.60. The van der Waals surface area contributed by atoms with Crippen LogP contribution >= 0.6 is 0 Å². The quantitative estimate of drug-likeness (QED) is 0.0756. The first-order valence-electron chi connectivity index (χ1n) is 13.1.